The minimum atomic E-state index is -4.46. The van der Waals surface area contributed by atoms with Gasteiger partial charge in [0, 0.05) is 17.0 Å². The molecule has 0 aliphatic carbocycles. The van der Waals surface area contributed by atoms with Crippen LogP contribution >= 0.6 is 23.4 Å². The van der Waals surface area contributed by atoms with Crippen LogP contribution in [0.4, 0.5) is 13.2 Å². The molecule has 0 aliphatic heterocycles. The Morgan fingerprint density at radius 3 is 2.58 bits per heavy atom. The normalized spacial score (nSPS) is 11.6. The van der Waals surface area contributed by atoms with E-state index < -0.39 is 11.9 Å². The Morgan fingerprint density at radius 1 is 1.16 bits per heavy atom. The topological polar surface area (TPSA) is 25.8 Å². The second-order valence-electron chi connectivity index (χ2n) is 3.60. The fraction of sp³-hybridized carbons (Fsp3) is 0.167. The van der Waals surface area contributed by atoms with E-state index in [0.717, 1.165) is 29.6 Å². The second kappa shape index (κ2) is 5.79. The van der Waals surface area contributed by atoms with E-state index in [1.807, 2.05) is 12.1 Å². The average molecular weight is 305 g/mol. The summed E-state index contributed by atoms with van der Waals surface area (Å²) >= 11 is 7.07. The van der Waals surface area contributed by atoms with E-state index in [4.69, 9.17) is 11.6 Å². The van der Waals surface area contributed by atoms with Gasteiger partial charge in [0.25, 0.3) is 0 Å². The van der Waals surface area contributed by atoms with E-state index in [1.54, 1.807) is 12.1 Å². The average Bonchev–Trinajstić information content (AvgIpc) is 2.37. The van der Waals surface area contributed by atoms with Gasteiger partial charge in [0.05, 0.1) is 0 Å². The van der Waals surface area contributed by atoms with E-state index in [1.165, 1.54) is 0 Å². The molecule has 0 amide bonds. The fourth-order valence-corrected chi connectivity index (χ4v) is 2.44. The lowest BCUT2D eigenvalue weighted by Crippen LogP contribution is -2.08. The highest BCUT2D eigenvalue weighted by Crippen LogP contribution is 2.29. The van der Waals surface area contributed by atoms with Gasteiger partial charge in [-0.05, 0) is 17.7 Å². The molecule has 2 aromatic rings. The smallest absolute Gasteiger partial charge is 0.231 e. The molecule has 0 saturated heterocycles. The first-order valence-electron chi connectivity index (χ1n) is 5.23. The Balaban J connectivity index is 2.10. The fourth-order valence-electron chi connectivity index (χ4n) is 1.33. The summed E-state index contributed by atoms with van der Waals surface area (Å²) in [5, 5.41) is 0.650. The Morgan fingerprint density at radius 2 is 1.89 bits per heavy atom. The van der Waals surface area contributed by atoms with Gasteiger partial charge in [-0.15, -0.1) is 0 Å². The second-order valence-corrected chi connectivity index (χ2v) is 4.95. The van der Waals surface area contributed by atoms with Gasteiger partial charge in [0.1, 0.15) is 5.69 Å². The highest BCUT2D eigenvalue weighted by Gasteiger charge is 2.32. The quantitative estimate of drug-likeness (QED) is 0.619. The van der Waals surface area contributed by atoms with E-state index in [-0.39, 0.29) is 5.16 Å². The van der Waals surface area contributed by atoms with E-state index in [2.05, 4.69) is 9.97 Å². The van der Waals surface area contributed by atoms with Crippen LogP contribution in [0, 0.1) is 0 Å². The Kier molecular flexibility index (Phi) is 4.31. The molecule has 0 spiro atoms. The summed E-state index contributed by atoms with van der Waals surface area (Å²) in [5.74, 6) is 0.418. The van der Waals surface area contributed by atoms with Gasteiger partial charge in [0.15, 0.2) is 5.16 Å². The predicted molar refractivity (Wildman–Crippen MR) is 68.0 cm³/mol. The van der Waals surface area contributed by atoms with Crippen molar-refractivity contribution in [2.75, 3.05) is 0 Å². The number of alkyl halides is 3. The number of halogens is 4. The molecule has 2 nitrogen and oxygen atoms in total. The molecule has 1 aromatic carbocycles. The van der Waals surface area contributed by atoms with Crippen LogP contribution in [-0.2, 0) is 11.9 Å². The van der Waals surface area contributed by atoms with Crippen molar-refractivity contribution >= 4 is 23.4 Å². The molecule has 0 bridgehead atoms. The van der Waals surface area contributed by atoms with Crippen LogP contribution < -0.4 is 0 Å². The highest BCUT2D eigenvalue weighted by atomic mass is 35.5. The first kappa shape index (κ1) is 14.1. The monoisotopic (exact) mass is 304 g/mol. The van der Waals surface area contributed by atoms with Crippen molar-refractivity contribution in [2.45, 2.75) is 17.1 Å². The SMILES string of the molecule is FC(F)(F)c1ccnc(SCc2ccccc2Cl)n1. The molecule has 1 aromatic heterocycles. The van der Waals surface area contributed by atoms with Crippen molar-refractivity contribution in [1.82, 2.24) is 9.97 Å². The molecule has 2 rings (SSSR count). The molecule has 7 heteroatoms. The van der Waals surface area contributed by atoms with Crippen LogP contribution in [0.15, 0.2) is 41.7 Å². The van der Waals surface area contributed by atoms with E-state index in [0.29, 0.717) is 10.8 Å². The van der Waals surface area contributed by atoms with Crippen LogP contribution in [0.1, 0.15) is 11.3 Å². The number of nitrogens with zero attached hydrogens (tertiary/aromatic N) is 2. The van der Waals surface area contributed by atoms with Gasteiger partial charge in [0.2, 0.25) is 0 Å². The molecule has 100 valence electrons. The summed E-state index contributed by atoms with van der Waals surface area (Å²) in [7, 11) is 0. The Labute approximate surface area is 117 Å². The molecule has 0 unspecified atom stereocenters. The zero-order valence-electron chi connectivity index (χ0n) is 9.49. The van der Waals surface area contributed by atoms with Crippen LogP contribution in [0.2, 0.25) is 5.02 Å². The third-order valence-electron chi connectivity index (χ3n) is 2.24. The maximum atomic E-state index is 12.5. The molecule has 0 radical (unpaired) electrons. The van der Waals surface area contributed by atoms with E-state index in [9.17, 15) is 13.2 Å². The largest absolute Gasteiger partial charge is 0.433 e. The van der Waals surface area contributed by atoms with Crippen molar-refractivity contribution in [3.8, 4) is 0 Å². The van der Waals surface area contributed by atoms with Gasteiger partial charge in [-0.3, -0.25) is 0 Å². The number of aromatic nitrogens is 2. The molecular weight excluding hydrogens is 297 g/mol. The van der Waals surface area contributed by atoms with Crippen molar-refractivity contribution in [3.63, 3.8) is 0 Å². The van der Waals surface area contributed by atoms with Crippen molar-refractivity contribution < 1.29 is 13.2 Å². The summed E-state index contributed by atoms with van der Waals surface area (Å²) in [5.41, 5.74) is -0.112. The molecule has 0 saturated carbocycles. The number of benzene rings is 1. The standard InChI is InChI=1S/C12H8ClF3N2S/c13-9-4-2-1-3-8(9)7-19-11-17-6-5-10(18-11)12(14,15)16/h1-6H,7H2. The van der Waals surface area contributed by atoms with Crippen molar-refractivity contribution in [3.05, 3.63) is 52.8 Å². The first-order chi connectivity index (χ1) is 8.97. The molecular formula is C12H8ClF3N2S. The zero-order valence-corrected chi connectivity index (χ0v) is 11.1. The minimum Gasteiger partial charge on any atom is -0.231 e. The van der Waals surface area contributed by atoms with Crippen LogP contribution in [0.5, 0.6) is 0 Å². The lowest BCUT2D eigenvalue weighted by Gasteiger charge is -2.07. The predicted octanol–water partition coefficient (Wildman–Crippen LogP) is 4.44. The molecule has 0 aliphatic rings. The van der Waals surface area contributed by atoms with Gasteiger partial charge < -0.3 is 0 Å². The number of hydrogen-bond acceptors (Lipinski definition) is 3. The van der Waals surface area contributed by atoms with Gasteiger partial charge in [-0.25, -0.2) is 9.97 Å². The highest BCUT2D eigenvalue weighted by molar-refractivity contribution is 7.98. The van der Waals surface area contributed by atoms with Gasteiger partial charge in [-0.2, -0.15) is 13.2 Å². The Bertz CT molecular complexity index is 575. The molecule has 0 atom stereocenters. The lowest BCUT2D eigenvalue weighted by atomic mass is 10.2. The van der Waals surface area contributed by atoms with Gasteiger partial charge >= 0.3 is 6.18 Å². The van der Waals surface area contributed by atoms with Crippen LogP contribution in [0.3, 0.4) is 0 Å². The van der Waals surface area contributed by atoms with Crippen LogP contribution in [0.25, 0.3) is 0 Å². The molecule has 0 N–H and O–H groups in total. The number of thioether (sulfide) groups is 1. The lowest BCUT2D eigenvalue weighted by molar-refractivity contribution is -0.141. The Hall–Kier alpha value is -1.27. The summed E-state index contributed by atoms with van der Waals surface area (Å²) in [6, 6.07) is 7.99. The summed E-state index contributed by atoms with van der Waals surface area (Å²) in [4.78, 5) is 7.28. The molecule has 1 heterocycles. The molecule has 19 heavy (non-hydrogen) atoms. The minimum absolute atomic E-state index is 0.0785. The summed E-state index contributed by atoms with van der Waals surface area (Å²) < 4.78 is 37.4. The summed E-state index contributed by atoms with van der Waals surface area (Å²) in [6.07, 6.45) is -3.35. The maximum Gasteiger partial charge on any atom is 0.433 e. The van der Waals surface area contributed by atoms with Crippen molar-refractivity contribution in [1.29, 1.82) is 0 Å². The summed E-state index contributed by atoms with van der Waals surface area (Å²) in [6.45, 7) is 0. The molecule has 0 fully saturated rings. The van der Waals surface area contributed by atoms with Crippen molar-refractivity contribution in [2.24, 2.45) is 0 Å². The maximum absolute atomic E-state index is 12.5. The first-order valence-corrected chi connectivity index (χ1v) is 6.59. The number of rotatable bonds is 3. The third kappa shape index (κ3) is 3.84. The zero-order chi connectivity index (χ0) is 13.9. The van der Waals surface area contributed by atoms with E-state index >= 15 is 0 Å². The third-order valence-corrected chi connectivity index (χ3v) is 3.52. The van der Waals surface area contributed by atoms with Crippen LogP contribution in [-0.4, -0.2) is 9.97 Å². The number of hydrogen-bond donors (Lipinski definition) is 0. The van der Waals surface area contributed by atoms with Gasteiger partial charge in [-0.1, -0.05) is 41.6 Å².